The van der Waals surface area contributed by atoms with Gasteiger partial charge in [-0.15, -0.1) is 11.3 Å². The molecule has 0 aliphatic rings. The summed E-state index contributed by atoms with van der Waals surface area (Å²) in [6.07, 6.45) is 0. The molecular formula is C14H14BrNO2S. The van der Waals surface area contributed by atoms with E-state index >= 15 is 0 Å². The lowest BCUT2D eigenvalue weighted by atomic mass is 10.3. The SMILES string of the molecule is Cc1cc(C(=O)NCCOc2ccccc2)sc1Br. The van der Waals surface area contributed by atoms with Crippen LogP contribution in [0.15, 0.2) is 40.2 Å². The van der Waals surface area contributed by atoms with Crippen LogP contribution in [0.2, 0.25) is 0 Å². The second-order valence-electron chi connectivity index (χ2n) is 3.98. The first-order valence-electron chi connectivity index (χ1n) is 5.89. The van der Waals surface area contributed by atoms with Gasteiger partial charge in [-0.3, -0.25) is 4.79 Å². The molecule has 0 aliphatic heterocycles. The first-order chi connectivity index (χ1) is 9.16. The quantitative estimate of drug-likeness (QED) is 0.844. The van der Waals surface area contributed by atoms with Gasteiger partial charge in [-0.2, -0.15) is 0 Å². The molecule has 19 heavy (non-hydrogen) atoms. The summed E-state index contributed by atoms with van der Waals surface area (Å²) >= 11 is 4.85. The van der Waals surface area contributed by atoms with Gasteiger partial charge in [0.2, 0.25) is 0 Å². The summed E-state index contributed by atoms with van der Waals surface area (Å²) in [5, 5.41) is 2.84. The predicted octanol–water partition coefficient (Wildman–Crippen LogP) is 3.63. The molecule has 1 N–H and O–H groups in total. The number of benzene rings is 1. The first kappa shape index (κ1) is 14.1. The van der Waals surface area contributed by atoms with Crippen molar-refractivity contribution in [2.45, 2.75) is 6.92 Å². The van der Waals surface area contributed by atoms with Gasteiger partial charge in [0, 0.05) is 0 Å². The lowest BCUT2D eigenvalue weighted by molar-refractivity contribution is 0.0951. The molecule has 1 aromatic heterocycles. The number of aryl methyl sites for hydroxylation is 1. The van der Waals surface area contributed by atoms with E-state index in [1.807, 2.05) is 43.3 Å². The third-order valence-corrected chi connectivity index (χ3v) is 4.62. The molecule has 5 heteroatoms. The van der Waals surface area contributed by atoms with E-state index in [0.717, 1.165) is 15.1 Å². The molecule has 2 rings (SSSR count). The summed E-state index contributed by atoms with van der Waals surface area (Å²) in [7, 11) is 0. The van der Waals surface area contributed by atoms with Gasteiger partial charge in [0.15, 0.2) is 0 Å². The van der Waals surface area contributed by atoms with E-state index in [-0.39, 0.29) is 5.91 Å². The Morgan fingerprint density at radius 3 is 2.74 bits per heavy atom. The summed E-state index contributed by atoms with van der Waals surface area (Å²) in [4.78, 5) is 12.6. The average molecular weight is 340 g/mol. The lowest BCUT2D eigenvalue weighted by Gasteiger charge is -2.06. The van der Waals surface area contributed by atoms with Crippen molar-refractivity contribution in [2.24, 2.45) is 0 Å². The number of hydrogen-bond donors (Lipinski definition) is 1. The summed E-state index contributed by atoms with van der Waals surface area (Å²) in [6, 6.07) is 11.4. The Morgan fingerprint density at radius 2 is 2.11 bits per heavy atom. The molecule has 100 valence electrons. The van der Waals surface area contributed by atoms with Gasteiger partial charge in [-0.05, 0) is 46.6 Å². The fourth-order valence-electron chi connectivity index (χ4n) is 1.51. The summed E-state index contributed by atoms with van der Waals surface area (Å²) in [6.45, 7) is 2.92. The lowest BCUT2D eigenvalue weighted by Crippen LogP contribution is -2.27. The van der Waals surface area contributed by atoms with Gasteiger partial charge in [0.25, 0.3) is 5.91 Å². The molecule has 1 heterocycles. The van der Waals surface area contributed by atoms with Gasteiger partial charge in [-0.1, -0.05) is 18.2 Å². The largest absolute Gasteiger partial charge is 0.492 e. The molecular weight excluding hydrogens is 326 g/mol. The van der Waals surface area contributed by atoms with Crippen molar-refractivity contribution in [3.63, 3.8) is 0 Å². The predicted molar refractivity (Wildman–Crippen MR) is 81.0 cm³/mol. The highest BCUT2D eigenvalue weighted by Crippen LogP contribution is 2.27. The molecule has 0 atom stereocenters. The molecule has 3 nitrogen and oxygen atoms in total. The Hall–Kier alpha value is -1.33. The minimum Gasteiger partial charge on any atom is -0.492 e. The number of carbonyl (C=O) groups is 1. The molecule has 0 radical (unpaired) electrons. The van der Waals surface area contributed by atoms with Crippen LogP contribution in [0.25, 0.3) is 0 Å². The molecule has 1 aromatic carbocycles. The second-order valence-corrected chi connectivity index (χ2v) is 6.35. The van der Waals surface area contributed by atoms with Crippen molar-refractivity contribution < 1.29 is 9.53 Å². The number of ether oxygens (including phenoxy) is 1. The highest BCUT2D eigenvalue weighted by atomic mass is 79.9. The van der Waals surface area contributed by atoms with Crippen LogP contribution in [0, 0.1) is 6.92 Å². The zero-order chi connectivity index (χ0) is 13.7. The number of para-hydroxylation sites is 1. The Morgan fingerprint density at radius 1 is 1.37 bits per heavy atom. The zero-order valence-electron chi connectivity index (χ0n) is 10.5. The standard InChI is InChI=1S/C14H14BrNO2S/c1-10-9-12(19-13(10)15)14(17)16-7-8-18-11-5-3-2-4-6-11/h2-6,9H,7-8H2,1H3,(H,16,17). The minimum absolute atomic E-state index is 0.0598. The smallest absolute Gasteiger partial charge is 0.261 e. The molecule has 1 amide bonds. The van der Waals surface area contributed by atoms with Crippen LogP contribution >= 0.6 is 27.3 Å². The van der Waals surface area contributed by atoms with Crippen LogP contribution in [0.3, 0.4) is 0 Å². The molecule has 2 aromatic rings. The fraction of sp³-hybridized carbons (Fsp3) is 0.214. The van der Waals surface area contributed by atoms with E-state index < -0.39 is 0 Å². The van der Waals surface area contributed by atoms with E-state index in [1.165, 1.54) is 11.3 Å². The number of amides is 1. The van der Waals surface area contributed by atoms with E-state index in [9.17, 15) is 4.79 Å². The van der Waals surface area contributed by atoms with Crippen LogP contribution in [0.1, 0.15) is 15.2 Å². The van der Waals surface area contributed by atoms with Crippen LogP contribution < -0.4 is 10.1 Å². The molecule has 0 aliphatic carbocycles. The van der Waals surface area contributed by atoms with Crippen molar-refractivity contribution in [3.05, 3.63) is 50.6 Å². The van der Waals surface area contributed by atoms with Crippen LogP contribution in [0.5, 0.6) is 5.75 Å². The molecule has 0 saturated heterocycles. The third-order valence-electron chi connectivity index (χ3n) is 2.48. The van der Waals surface area contributed by atoms with E-state index in [1.54, 1.807) is 0 Å². The van der Waals surface area contributed by atoms with Crippen LogP contribution in [-0.2, 0) is 0 Å². The first-order valence-corrected chi connectivity index (χ1v) is 7.50. The summed E-state index contributed by atoms with van der Waals surface area (Å²) in [5.74, 6) is 0.752. The molecule has 0 saturated carbocycles. The van der Waals surface area contributed by atoms with Gasteiger partial charge >= 0.3 is 0 Å². The Kier molecular flexibility index (Phi) is 4.99. The van der Waals surface area contributed by atoms with Gasteiger partial charge < -0.3 is 10.1 Å². The fourth-order valence-corrected chi connectivity index (χ4v) is 2.96. The Balaban J connectivity index is 1.75. The number of carbonyl (C=O) groups excluding carboxylic acids is 1. The van der Waals surface area contributed by atoms with Crippen molar-refractivity contribution in [3.8, 4) is 5.75 Å². The maximum absolute atomic E-state index is 11.8. The number of hydrogen-bond acceptors (Lipinski definition) is 3. The normalized spacial score (nSPS) is 10.2. The molecule has 0 spiro atoms. The maximum Gasteiger partial charge on any atom is 0.261 e. The van der Waals surface area contributed by atoms with Crippen LogP contribution in [0.4, 0.5) is 0 Å². The minimum atomic E-state index is -0.0598. The number of halogens is 1. The van der Waals surface area contributed by atoms with Crippen molar-refractivity contribution >= 4 is 33.2 Å². The van der Waals surface area contributed by atoms with Crippen LogP contribution in [-0.4, -0.2) is 19.1 Å². The highest BCUT2D eigenvalue weighted by Gasteiger charge is 2.10. The van der Waals surface area contributed by atoms with E-state index in [4.69, 9.17) is 4.74 Å². The molecule has 0 fully saturated rings. The molecule has 0 bridgehead atoms. The topological polar surface area (TPSA) is 38.3 Å². The zero-order valence-corrected chi connectivity index (χ0v) is 12.9. The van der Waals surface area contributed by atoms with Gasteiger partial charge in [0.1, 0.15) is 12.4 Å². The molecule has 0 unspecified atom stereocenters. The van der Waals surface area contributed by atoms with Crippen molar-refractivity contribution in [2.75, 3.05) is 13.2 Å². The Bertz CT molecular complexity index is 534. The number of nitrogens with one attached hydrogen (secondary N) is 1. The third kappa shape index (κ3) is 4.08. The average Bonchev–Trinajstić information content (AvgIpc) is 2.76. The van der Waals surface area contributed by atoms with Crippen molar-refractivity contribution in [1.29, 1.82) is 0 Å². The van der Waals surface area contributed by atoms with Crippen molar-refractivity contribution in [1.82, 2.24) is 5.32 Å². The second kappa shape index (κ2) is 6.73. The van der Waals surface area contributed by atoms with E-state index in [0.29, 0.717) is 18.0 Å². The number of thiophene rings is 1. The highest BCUT2D eigenvalue weighted by molar-refractivity contribution is 9.11. The summed E-state index contributed by atoms with van der Waals surface area (Å²) in [5.41, 5.74) is 1.08. The monoisotopic (exact) mass is 339 g/mol. The number of rotatable bonds is 5. The van der Waals surface area contributed by atoms with Gasteiger partial charge in [0.05, 0.1) is 15.2 Å². The maximum atomic E-state index is 11.8. The Labute approximate surface area is 124 Å². The van der Waals surface area contributed by atoms with E-state index in [2.05, 4.69) is 21.2 Å². The summed E-state index contributed by atoms with van der Waals surface area (Å²) < 4.78 is 6.50. The van der Waals surface area contributed by atoms with Gasteiger partial charge in [-0.25, -0.2) is 0 Å².